The molecule has 2 amide bonds. The number of hydrogen-bond acceptors (Lipinski definition) is 5. The number of nitrogens with zero attached hydrogens (tertiary/aromatic N) is 2. The third-order valence-corrected chi connectivity index (χ3v) is 7.11. The van der Waals surface area contributed by atoms with Gasteiger partial charge < -0.3 is 21.0 Å². The Bertz CT molecular complexity index is 1070. The lowest BCUT2D eigenvalue weighted by Crippen LogP contribution is -2.56. The quantitative estimate of drug-likeness (QED) is 0.236. The first-order chi connectivity index (χ1) is 18.5. The van der Waals surface area contributed by atoms with Crippen LogP contribution in [0, 0.1) is 11.3 Å². The Labute approximate surface area is 239 Å². The number of allylic oxidation sites excluding steroid dienone is 1. The van der Waals surface area contributed by atoms with E-state index in [0.717, 1.165) is 60.6 Å². The SMILES string of the molecule is CC1CCCN1C(=O)C(N(N)/C=C(\N)C1CC1)C(C)(C)C.CCNC=O.Clc1ccccc1-c1ccccc1. The van der Waals surface area contributed by atoms with Gasteiger partial charge in [-0.25, -0.2) is 5.84 Å². The number of amides is 2. The topological polar surface area (TPSA) is 105 Å². The van der Waals surface area contributed by atoms with Crippen molar-refractivity contribution in [2.75, 3.05) is 13.1 Å². The molecule has 2 atom stereocenters. The Morgan fingerprint density at radius 2 is 1.74 bits per heavy atom. The highest BCUT2D eigenvalue weighted by atomic mass is 35.5. The summed E-state index contributed by atoms with van der Waals surface area (Å²) in [6.07, 6.45) is 6.87. The molecule has 0 bridgehead atoms. The minimum Gasteiger partial charge on any atom is -0.401 e. The predicted octanol–water partition coefficient (Wildman–Crippen LogP) is 5.56. The number of likely N-dealkylation sites (tertiary alicyclic amines) is 1. The van der Waals surface area contributed by atoms with Gasteiger partial charge in [0.25, 0.3) is 0 Å². The molecule has 2 aromatic carbocycles. The maximum absolute atomic E-state index is 12.9. The summed E-state index contributed by atoms with van der Waals surface area (Å²) in [6, 6.07) is 17.9. The van der Waals surface area contributed by atoms with Gasteiger partial charge in [-0.3, -0.25) is 9.59 Å². The molecule has 214 valence electrons. The van der Waals surface area contributed by atoms with Gasteiger partial charge in [0.15, 0.2) is 0 Å². The molecule has 1 aliphatic heterocycles. The van der Waals surface area contributed by atoms with E-state index in [0.29, 0.717) is 18.4 Å². The van der Waals surface area contributed by atoms with Gasteiger partial charge in [-0.2, -0.15) is 0 Å². The predicted molar refractivity (Wildman–Crippen MR) is 161 cm³/mol. The van der Waals surface area contributed by atoms with Crippen molar-refractivity contribution in [3.63, 3.8) is 0 Å². The van der Waals surface area contributed by atoms with E-state index in [4.69, 9.17) is 23.2 Å². The minimum atomic E-state index is -0.379. The standard InChI is InChI=1S/C16H30N4O.C12H9Cl.C3H7NO/c1-11-6-5-9-19(11)15(21)14(16(2,3)4)20(18)10-13(17)12-7-8-12;13-12-9-5-4-8-11(12)10-6-2-1-3-7-10;1-2-4-3-5/h10-12,14H,5-9,17-18H2,1-4H3;1-9H;3H,2H2,1H3,(H,4,5)/b13-10-;;. The number of hydrazine groups is 1. The molecule has 1 saturated heterocycles. The molecular formula is C31H46ClN5O2. The zero-order valence-electron chi connectivity index (χ0n) is 24.1. The molecule has 0 aromatic heterocycles. The van der Waals surface area contributed by atoms with Gasteiger partial charge in [0.2, 0.25) is 12.3 Å². The summed E-state index contributed by atoms with van der Waals surface area (Å²) in [4.78, 5) is 24.2. The summed E-state index contributed by atoms with van der Waals surface area (Å²) in [5.74, 6) is 6.79. The highest BCUT2D eigenvalue weighted by Crippen LogP contribution is 2.35. The number of nitrogens with one attached hydrogen (secondary N) is 1. The van der Waals surface area contributed by atoms with E-state index in [1.807, 2.05) is 54.3 Å². The van der Waals surface area contributed by atoms with Crippen LogP contribution in [0.15, 0.2) is 66.5 Å². The lowest BCUT2D eigenvalue weighted by molar-refractivity contribution is -0.140. The third kappa shape index (κ3) is 10.2. The van der Waals surface area contributed by atoms with Crippen molar-refractivity contribution < 1.29 is 9.59 Å². The molecule has 7 nitrogen and oxygen atoms in total. The molecule has 2 aliphatic rings. The van der Waals surface area contributed by atoms with Gasteiger partial charge in [-0.15, -0.1) is 0 Å². The molecule has 4 rings (SSSR count). The summed E-state index contributed by atoms with van der Waals surface area (Å²) in [6.45, 7) is 11.7. The molecule has 2 unspecified atom stereocenters. The van der Waals surface area contributed by atoms with E-state index >= 15 is 0 Å². The molecule has 2 fully saturated rings. The second kappa shape index (κ2) is 15.5. The number of hydrogen-bond donors (Lipinski definition) is 3. The van der Waals surface area contributed by atoms with Gasteiger partial charge in [-0.05, 0) is 56.6 Å². The van der Waals surface area contributed by atoms with E-state index in [1.54, 1.807) is 11.2 Å². The molecule has 1 aliphatic carbocycles. The number of halogens is 1. The molecule has 5 N–H and O–H groups in total. The van der Waals surface area contributed by atoms with Crippen molar-refractivity contribution in [1.82, 2.24) is 15.2 Å². The van der Waals surface area contributed by atoms with Gasteiger partial charge in [0.1, 0.15) is 6.04 Å². The summed E-state index contributed by atoms with van der Waals surface area (Å²) in [5.41, 5.74) is 8.86. The van der Waals surface area contributed by atoms with Crippen LogP contribution in [-0.2, 0) is 9.59 Å². The van der Waals surface area contributed by atoms with Crippen LogP contribution in [0.3, 0.4) is 0 Å². The molecule has 0 radical (unpaired) electrons. The van der Waals surface area contributed by atoms with E-state index < -0.39 is 0 Å². The van der Waals surface area contributed by atoms with Crippen molar-refractivity contribution in [3.05, 3.63) is 71.5 Å². The average molecular weight is 556 g/mol. The van der Waals surface area contributed by atoms with Crippen molar-refractivity contribution in [1.29, 1.82) is 0 Å². The lowest BCUT2D eigenvalue weighted by Gasteiger charge is -2.39. The van der Waals surface area contributed by atoms with Crippen LogP contribution < -0.4 is 16.9 Å². The summed E-state index contributed by atoms with van der Waals surface area (Å²) in [5, 5.41) is 4.77. The molecule has 39 heavy (non-hydrogen) atoms. The Kier molecular flexibility index (Phi) is 12.8. The molecule has 2 aromatic rings. The molecule has 1 heterocycles. The zero-order valence-corrected chi connectivity index (χ0v) is 24.8. The second-order valence-corrected chi connectivity index (χ2v) is 11.6. The fraction of sp³-hybridized carbons (Fsp3) is 0.484. The fourth-order valence-electron chi connectivity index (χ4n) is 4.53. The Balaban J connectivity index is 0.000000250. The van der Waals surface area contributed by atoms with E-state index in [2.05, 4.69) is 45.1 Å². The summed E-state index contributed by atoms with van der Waals surface area (Å²) in [7, 11) is 0. The highest BCUT2D eigenvalue weighted by Gasteiger charge is 2.40. The van der Waals surface area contributed by atoms with E-state index in [-0.39, 0.29) is 17.4 Å². The molecule has 1 saturated carbocycles. The highest BCUT2D eigenvalue weighted by molar-refractivity contribution is 6.33. The monoisotopic (exact) mass is 555 g/mol. The van der Waals surface area contributed by atoms with Crippen LogP contribution in [0.2, 0.25) is 5.02 Å². The van der Waals surface area contributed by atoms with Gasteiger partial charge in [0.05, 0.1) is 0 Å². The Hall–Kier alpha value is -3.03. The smallest absolute Gasteiger partial charge is 0.247 e. The van der Waals surface area contributed by atoms with Crippen LogP contribution in [-0.4, -0.2) is 47.4 Å². The van der Waals surface area contributed by atoms with Crippen molar-refractivity contribution in [2.24, 2.45) is 22.9 Å². The molecular weight excluding hydrogens is 510 g/mol. The normalized spacial score (nSPS) is 17.7. The Morgan fingerprint density at radius 3 is 2.21 bits per heavy atom. The van der Waals surface area contributed by atoms with Gasteiger partial charge >= 0.3 is 0 Å². The first-order valence-electron chi connectivity index (χ1n) is 13.8. The zero-order chi connectivity index (χ0) is 29.0. The summed E-state index contributed by atoms with van der Waals surface area (Å²) < 4.78 is 0. The third-order valence-electron chi connectivity index (χ3n) is 6.78. The van der Waals surface area contributed by atoms with Crippen LogP contribution in [0.5, 0.6) is 0 Å². The van der Waals surface area contributed by atoms with Gasteiger partial charge in [-0.1, -0.05) is 80.9 Å². The first kappa shape index (κ1) is 32.2. The number of carbonyl (C=O) groups excluding carboxylic acids is 2. The maximum atomic E-state index is 12.9. The van der Waals surface area contributed by atoms with Crippen LogP contribution in [0.1, 0.15) is 60.3 Å². The first-order valence-corrected chi connectivity index (χ1v) is 14.2. The maximum Gasteiger partial charge on any atom is 0.247 e. The molecule has 0 spiro atoms. The van der Waals surface area contributed by atoms with Crippen molar-refractivity contribution in [2.45, 2.75) is 72.4 Å². The van der Waals surface area contributed by atoms with Crippen molar-refractivity contribution >= 4 is 23.9 Å². The van der Waals surface area contributed by atoms with E-state index in [9.17, 15) is 9.59 Å². The van der Waals surface area contributed by atoms with Crippen molar-refractivity contribution in [3.8, 4) is 11.1 Å². The van der Waals surface area contributed by atoms with Crippen LogP contribution in [0.25, 0.3) is 11.1 Å². The number of benzene rings is 2. The number of nitrogens with two attached hydrogens (primary N) is 2. The number of rotatable bonds is 7. The minimum absolute atomic E-state index is 0.120. The average Bonchev–Trinajstić information content (AvgIpc) is 3.66. The fourth-order valence-corrected chi connectivity index (χ4v) is 4.77. The van der Waals surface area contributed by atoms with E-state index in [1.165, 1.54) is 0 Å². The lowest BCUT2D eigenvalue weighted by atomic mass is 9.85. The second-order valence-electron chi connectivity index (χ2n) is 11.2. The number of carbonyl (C=O) groups is 2. The van der Waals surface area contributed by atoms with Crippen LogP contribution in [0.4, 0.5) is 0 Å². The Morgan fingerprint density at radius 1 is 1.13 bits per heavy atom. The van der Waals surface area contributed by atoms with Gasteiger partial charge in [0, 0.05) is 47.5 Å². The largest absolute Gasteiger partial charge is 0.401 e. The van der Waals surface area contributed by atoms with Crippen LogP contribution >= 0.6 is 11.6 Å². The summed E-state index contributed by atoms with van der Waals surface area (Å²) >= 11 is 6.06. The molecule has 8 heteroatoms.